The maximum Gasteiger partial charge on any atom is 0.311 e. The number of nitrogens with one attached hydrogen (secondary N) is 1. The number of rotatable bonds is 5. The molecular weight excluding hydrogens is 340 g/mol. The number of aromatic nitrogens is 4. The summed E-state index contributed by atoms with van der Waals surface area (Å²) in [4.78, 5) is 22.8. The SMILES string of the molecule is COc1ccc(C(=O)Nc2ccc(-c3nnnn3C)cc2)cc1[N+](=O)[O-]. The summed E-state index contributed by atoms with van der Waals surface area (Å²) in [5, 5.41) is 25.0. The molecule has 0 aliphatic rings. The lowest BCUT2D eigenvalue weighted by atomic mass is 10.1. The van der Waals surface area contributed by atoms with Crippen molar-refractivity contribution in [3.05, 3.63) is 58.1 Å². The lowest BCUT2D eigenvalue weighted by Gasteiger charge is -2.07. The van der Waals surface area contributed by atoms with E-state index in [1.54, 1.807) is 31.3 Å². The van der Waals surface area contributed by atoms with Gasteiger partial charge in [-0.3, -0.25) is 14.9 Å². The molecule has 132 valence electrons. The first-order valence-electron chi connectivity index (χ1n) is 7.46. The number of carbonyl (C=O) groups excluding carboxylic acids is 1. The number of hydrogen-bond donors (Lipinski definition) is 1. The van der Waals surface area contributed by atoms with Gasteiger partial charge in [0.1, 0.15) is 0 Å². The van der Waals surface area contributed by atoms with Crippen LogP contribution >= 0.6 is 0 Å². The summed E-state index contributed by atoms with van der Waals surface area (Å²) in [5.74, 6) is 0.214. The van der Waals surface area contributed by atoms with Crippen molar-refractivity contribution in [3.63, 3.8) is 0 Å². The van der Waals surface area contributed by atoms with Crippen molar-refractivity contribution >= 4 is 17.3 Å². The quantitative estimate of drug-likeness (QED) is 0.549. The molecule has 1 N–H and O–H groups in total. The number of nitro groups is 1. The monoisotopic (exact) mass is 354 g/mol. The zero-order valence-corrected chi connectivity index (χ0v) is 13.9. The van der Waals surface area contributed by atoms with Gasteiger partial charge in [0.05, 0.1) is 12.0 Å². The molecule has 0 radical (unpaired) electrons. The molecule has 2 aromatic carbocycles. The van der Waals surface area contributed by atoms with Gasteiger partial charge in [0, 0.05) is 29.9 Å². The molecule has 0 atom stereocenters. The predicted octanol–water partition coefficient (Wildman–Crippen LogP) is 2.05. The van der Waals surface area contributed by atoms with Crippen LogP contribution in [0.4, 0.5) is 11.4 Å². The van der Waals surface area contributed by atoms with Crippen molar-refractivity contribution in [1.82, 2.24) is 20.2 Å². The first-order valence-corrected chi connectivity index (χ1v) is 7.46. The standard InChI is InChI=1S/C16H14N6O4/c1-21-15(18-19-20-21)10-3-6-12(7-4-10)17-16(23)11-5-8-14(26-2)13(9-11)22(24)25/h3-9H,1-2H3,(H,17,23). The Labute approximate surface area is 147 Å². The second-order valence-electron chi connectivity index (χ2n) is 5.30. The molecule has 3 rings (SSSR count). The van der Waals surface area contributed by atoms with E-state index < -0.39 is 10.8 Å². The fraction of sp³-hybridized carbons (Fsp3) is 0.125. The molecule has 0 aliphatic carbocycles. The van der Waals surface area contributed by atoms with Crippen LogP contribution in [-0.4, -0.2) is 38.1 Å². The van der Waals surface area contributed by atoms with E-state index in [0.717, 1.165) is 5.56 Å². The van der Waals surface area contributed by atoms with E-state index >= 15 is 0 Å². The molecule has 3 aromatic rings. The molecule has 0 aliphatic heterocycles. The van der Waals surface area contributed by atoms with E-state index in [1.807, 2.05) is 0 Å². The van der Waals surface area contributed by atoms with Crippen molar-refractivity contribution in [2.45, 2.75) is 0 Å². The van der Waals surface area contributed by atoms with Crippen LogP contribution in [0.2, 0.25) is 0 Å². The fourth-order valence-corrected chi connectivity index (χ4v) is 2.35. The van der Waals surface area contributed by atoms with Crippen LogP contribution in [0.5, 0.6) is 5.75 Å². The average Bonchev–Trinajstić information content (AvgIpc) is 3.07. The number of hydrogen-bond acceptors (Lipinski definition) is 7. The van der Waals surface area contributed by atoms with Crippen LogP contribution in [0.15, 0.2) is 42.5 Å². The van der Waals surface area contributed by atoms with Gasteiger partial charge in [-0.15, -0.1) is 5.10 Å². The number of anilines is 1. The summed E-state index contributed by atoms with van der Waals surface area (Å²) in [7, 11) is 3.05. The predicted molar refractivity (Wildman–Crippen MR) is 91.8 cm³/mol. The largest absolute Gasteiger partial charge is 0.490 e. The minimum atomic E-state index is -0.598. The summed E-state index contributed by atoms with van der Waals surface area (Å²) in [6.07, 6.45) is 0. The number of tetrazole rings is 1. The van der Waals surface area contributed by atoms with Crippen LogP contribution in [0.1, 0.15) is 10.4 Å². The summed E-state index contributed by atoms with van der Waals surface area (Å²) in [6, 6.07) is 10.9. The molecule has 10 heteroatoms. The van der Waals surface area contributed by atoms with Crippen molar-refractivity contribution < 1.29 is 14.5 Å². The van der Waals surface area contributed by atoms with Gasteiger partial charge in [-0.1, -0.05) is 0 Å². The molecule has 1 aromatic heterocycles. The number of amides is 1. The summed E-state index contributed by atoms with van der Waals surface area (Å²) < 4.78 is 6.46. The maximum absolute atomic E-state index is 12.3. The molecule has 10 nitrogen and oxygen atoms in total. The Morgan fingerprint density at radius 2 is 1.96 bits per heavy atom. The van der Waals surface area contributed by atoms with Crippen LogP contribution in [-0.2, 0) is 7.05 Å². The van der Waals surface area contributed by atoms with Gasteiger partial charge < -0.3 is 10.1 Å². The Hall–Kier alpha value is -3.82. The number of aryl methyl sites for hydroxylation is 1. The minimum Gasteiger partial charge on any atom is -0.490 e. The molecule has 0 bridgehead atoms. The van der Waals surface area contributed by atoms with Gasteiger partial charge in [0.25, 0.3) is 5.91 Å². The second kappa shape index (κ2) is 6.97. The van der Waals surface area contributed by atoms with E-state index in [4.69, 9.17) is 4.74 Å². The summed E-state index contributed by atoms with van der Waals surface area (Å²) in [5.41, 5.74) is 1.20. The number of nitro benzene ring substituents is 1. The highest BCUT2D eigenvalue weighted by Crippen LogP contribution is 2.28. The summed E-state index contributed by atoms with van der Waals surface area (Å²) in [6.45, 7) is 0. The lowest BCUT2D eigenvalue weighted by Crippen LogP contribution is -2.12. The smallest absolute Gasteiger partial charge is 0.311 e. The van der Waals surface area contributed by atoms with Crippen LogP contribution in [0.3, 0.4) is 0 Å². The molecule has 1 amide bonds. The Morgan fingerprint density at radius 1 is 1.23 bits per heavy atom. The van der Waals surface area contributed by atoms with E-state index in [1.165, 1.54) is 30.0 Å². The molecule has 0 fully saturated rings. The number of ether oxygens (including phenoxy) is 1. The van der Waals surface area contributed by atoms with Crippen LogP contribution in [0, 0.1) is 10.1 Å². The van der Waals surface area contributed by atoms with Crippen molar-refractivity contribution in [2.75, 3.05) is 12.4 Å². The van der Waals surface area contributed by atoms with Crippen molar-refractivity contribution in [2.24, 2.45) is 7.05 Å². The molecule has 0 saturated carbocycles. The Balaban J connectivity index is 1.79. The molecule has 0 spiro atoms. The number of nitrogens with zero attached hydrogens (tertiary/aromatic N) is 5. The zero-order chi connectivity index (χ0) is 18.7. The number of benzene rings is 2. The van der Waals surface area contributed by atoms with E-state index in [9.17, 15) is 14.9 Å². The maximum atomic E-state index is 12.3. The Bertz CT molecular complexity index is 967. The number of carbonyl (C=O) groups is 1. The van der Waals surface area contributed by atoms with Gasteiger partial charge in [-0.05, 0) is 46.8 Å². The van der Waals surface area contributed by atoms with Gasteiger partial charge in [-0.2, -0.15) is 0 Å². The highest BCUT2D eigenvalue weighted by atomic mass is 16.6. The van der Waals surface area contributed by atoms with Gasteiger partial charge in [-0.25, -0.2) is 4.68 Å². The van der Waals surface area contributed by atoms with Crippen molar-refractivity contribution in [1.29, 1.82) is 0 Å². The number of methoxy groups -OCH3 is 1. The second-order valence-corrected chi connectivity index (χ2v) is 5.30. The lowest BCUT2D eigenvalue weighted by molar-refractivity contribution is -0.385. The minimum absolute atomic E-state index is 0.0909. The van der Waals surface area contributed by atoms with Crippen molar-refractivity contribution in [3.8, 4) is 17.1 Å². The third kappa shape index (κ3) is 3.34. The van der Waals surface area contributed by atoms with Gasteiger partial charge >= 0.3 is 5.69 Å². The highest BCUT2D eigenvalue weighted by molar-refractivity contribution is 6.04. The normalized spacial score (nSPS) is 10.4. The zero-order valence-electron chi connectivity index (χ0n) is 13.9. The van der Waals surface area contributed by atoms with E-state index in [-0.39, 0.29) is 17.0 Å². The topological polar surface area (TPSA) is 125 Å². The molecular formula is C16H14N6O4. The van der Waals surface area contributed by atoms with E-state index in [0.29, 0.717) is 11.5 Å². The molecule has 0 saturated heterocycles. The third-order valence-corrected chi connectivity index (χ3v) is 3.66. The molecule has 1 heterocycles. The van der Waals surface area contributed by atoms with E-state index in [2.05, 4.69) is 20.8 Å². The Kier molecular flexibility index (Phi) is 4.56. The average molecular weight is 354 g/mol. The van der Waals surface area contributed by atoms with Crippen LogP contribution in [0.25, 0.3) is 11.4 Å². The van der Waals surface area contributed by atoms with Gasteiger partial charge in [0.2, 0.25) is 0 Å². The Morgan fingerprint density at radius 3 is 2.54 bits per heavy atom. The first kappa shape index (κ1) is 17.0. The van der Waals surface area contributed by atoms with Gasteiger partial charge in [0.15, 0.2) is 11.6 Å². The fourth-order valence-electron chi connectivity index (χ4n) is 2.35. The molecule has 26 heavy (non-hydrogen) atoms. The highest BCUT2D eigenvalue weighted by Gasteiger charge is 2.18. The summed E-state index contributed by atoms with van der Waals surface area (Å²) >= 11 is 0. The third-order valence-electron chi connectivity index (χ3n) is 3.66. The first-order chi connectivity index (χ1) is 12.5. The molecule has 0 unspecified atom stereocenters. The van der Waals surface area contributed by atoms with Crippen LogP contribution < -0.4 is 10.1 Å².